The molecule has 0 radical (unpaired) electrons. The number of benzene rings is 1. The van der Waals surface area contributed by atoms with Gasteiger partial charge in [-0.25, -0.2) is 9.37 Å². The number of nitrogens with zero attached hydrogens (tertiary/aromatic N) is 3. The monoisotopic (exact) mass is 271 g/mol. The summed E-state index contributed by atoms with van der Waals surface area (Å²) in [6.45, 7) is 4.48. The van der Waals surface area contributed by atoms with Crippen LogP contribution < -0.4 is 0 Å². The highest BCUT2D eigenvalue weighted by molar-refractivity contribution is 5.32. The Morgan fingerprint density at radius 2 is 2.20 bits per heavy atom. The number of aryl methyl sites for hydroxylation is 1. The average molecular weight is 271 g/mol. The highest BCUT2D eigenvalue weighted by atomic mass is 19.1. The van der Waals surface area contributed by atoms with E-state index in [1.54, 1.807) is 12.3 Å². The molecule has 3 nitrogen and oxygen atoms in total. The zero-order valence-corrected chi connectivity index (χ0v) is 11.8. The molecule has 2 rings (SSSR count). The Bertz CT molecular complexity index is 627. The van der Waals surface area contributed by atoms with E-state index in [0.717, 1.165) is 17.8 Å². The summed E-state index contributed by atoms with van der Waals surface area (Å²) in [7, 11) is 0. The van der Waals surface area contributed by atoms with Crippen LogP contribution in [0, 0.1) is 17.1 Å². The van der Waals surface area contributed by atoms with Gasteiger partial charge in [-0.1, -0.05) is 26.0 Å². The van der Waals surface area contributed by atoms with Crippen molar-refractivity contribution in [2.75, 3.05) is 0 Å². The van der Waals surface area contributed by atoms with Gasteiger partial charge in [-0.2, -0.15) is 5.26 Å². The molecule has 104 valence electrons. The lowest BCUT2D eigenvalue weighted by molar-refractivity contribution is 0.432. The molecule has 0 spiro atoms. The summed E-state index contributed by atoms with van der Waals surface area (Å²) in [5.41, 5.74) is -0.00884. The van der Waals surface area contributed by atoms with Crippen LogP contribution in [0.25, 0.3) is 0 Å². The molecule has 4 heteroatoms. The van der Waals surface area contributed by atoms with Gasteiger partial charge in [0, 0.05) is 25.4 Å². The topological polar surface area (TPSA) is 41.6 Å². The fourth-order valence-corrected chi connectivity index (χ4v) is 2.46. The molecular weight excluding hydrogens is 253 g/mol. The Morgan fingerprint density at radius 3 is 2.80 bits per heavy atom. The van der Waals surface area contributed by atoms with Crippen LogP contribution in [-0.4, -0.2) is 9.55 Å². The van der Waals surface area contributed by atoms with Crippen LogP contribution in [0.2, 0.25) is 0 Å². The Hall–Kier alpha value is -2.15. The first-order valence-corrected chi connectivity index (χ1v) is 6.82. The first-order chi connectivity index (χ1) is 9.65. The van der Waals surface area contributed by atoms with Gasteiger partial charge in [0.1, 0.15) is 11.6 Å². The first-order valence-electron chi connectivity index (χ1n) is 6.82. The Labute approximate surface area is 118 Å². The zero-order chi connectivity index (χ0) is 14.6. The summed E-state index contributed by atoms with van der Waals surface area (Å²) >= 11 is 0. The largest absolute Gasteiger partial charge is 0.333 e. The summed E-state index contributed by atoms with van der Waals surface area (Å²) in [4.78, 5) is 4.28. The van der Waals surface area contributed by atoms with Crippen LogP contribution in [0.15, 0.2) is 36.7 Å². The van der Waals surface area contributed by atoms with Crippen LogP contribution in [0.1, 0.15) is 31.7 Å². The van der Waals surface area contributed by atoms with Gasteiger partial charge in [-0.15, -0.1) is 0 Å². The van der Waals surface area contributed by atoms with Gasteiger partial charge in [-0.3, -0.25) is 0 Å². The maximum absolute atomic E-state index is 13.5. The fourth-order valence-electron chi connectivity index (χ4n) is 2.46. The first kappa shape index (κ1) is 14.3. The number of hydrogen-bond donors (Lipinski definition) is 0. The molecule has 0 aliphatic rings. The van der Waals surface area contributed by atoms with Crippen molar-refractivity contribution in [1.29, 1.82) is 5.26 Å². The summed E-state index contributed by atoms with van der Waals surface area (Å²) in [6, 6.07) is 8.71. The predicted molar refractivity (Wildman–Crippen MR) is 75.6 cm³/mol. The van der Waals surface area contributed by atoms with Gasteiger partial charge in [-0.05, 0) is 24.1 Å². The molecular formula is C16H18FN3. The third kappa shape index (κ3) is 2.57. The second-order valence-electron chi connectivity index (χ2n) is 4.88. The number of hydrogen-bond acceptors (Lipinski definition) is 2. The average Bonchev–Trinajstić information content (AvgIpc) is 2.92. The number of nitriles is 1. The number of imidazole rings is 1. The van der Waals surface area contributed by atoms with Crippen molar-refractivity contribution in [2.24, 2.45) is 0 Å². The molecule has 0 aliphatic heterocycles. The van der Waals surface area contributed by atoms with Crippen molar-refractivity contribution in [2.45, 2.75) is 38.6 Å². The Morgan fingerprint density at radius 1 is 1.40 bits per heavy atom. The van der Waals surface area contributed by atoms with Crippen LogP contribution >= 0.6 is 0 Å². The Kier molecular flexibility index (Phi) is 4.19. The van der Waals surface area contributed by atoms with E-state index in [2.05, 4.69) is 11.1 Å². The van der Waals surface area contributed by atoms with Crippen LogP contribution in [0.3, 0.4) is 0 Å². The molecule has 0 N–H and O–H groups in total. The normalized spacial score (nSPS) is 13.7. The van der Waals surface area contributed by atoms with Crippen molar-refractivity contribution >= 4 is 0 Å². The highest BCUT2D eigenvalue weighted by Crippen LogP contribution is 2.30. The van der Waals surface area contributed by atoms with Crippen LogP contribution in [0.5, 0.6) is 0 Å². The second-order valence-corrected chi connectivity index (χ2v) is 4.88. The lowest BCUT2D eigenvalue weighted by Crippen LogP contribution is -2.30. The Balaban J connectivity index is 2.43. The third-order valence-electron chi connectivity index (χ3n) is 3.75. The maximum atomic E-state index is 13.5. The van der Waals surface area contributed by atoms with Gasteiger partial charge in [0.15, 0.2) is 0 Å². The molecule has 1 unspecified atom stereocenters. The van der Waals surface area contributed by atoms with E-state index in [9.17, 15) is 9.65 Å². The summed E-state index contributed by atoms with van der Waals surface area (Å²) in [5.74, 6) is 0.631. The molecule has 0 fully saturated rings. The van der Waals surface area contributed by atoms with E-state index in [1.165, 1.54) is 12.1 Å². The zero-order valence-electron chi connectivity index (χ0n) is 11.8. The van der Waals surface area contributed by atoms with Crippen LogP contribution in [0.4, 0.5) is 4.39 Å². The molecule has 0 saturated heterocycles. The molecule has 20 heavy (non-hydrogen) atoms. The lowest BCUT2D eigenvalue weighted by atomic mass is 9.79. The minimum absolute atomic E-state index is 0.308. The van der Waals surface area contributed by atoms with E-state index >= 15 is 0 Å². The molecule has 0 amide bonds. The summed E-state index contributed by atoms with van der Waals surface area (Å²) in [6.07, 6.45) is 5.04. The second kappa shape index (κ2) is 5.87. The lowest BCUT2D eigenvalue weighted by Gasteiger charge is -2.27. The van der Waals surface area contributed by atoms with Gasteiger partial charge >= 0.3 is 0 Å². The van der Waals surface area contributed by atoms with Crippen molar-refractivity contribution in [3.63, 3.8) is 0 Å². The van der Waals surface area contributed by atoms with Crippen LogP contribution in [-0.2, 0) is 18.4 Å². The molecule has 2 aromatic rings. The minimum atomic E-state index is -0.729. The summed E-state index contributed by atoms with van der Waals surface area (Å²) < 4.78 is 15.4. The SMILES string of the molecule is CCc1nccn1CC(C#N)(CC)c1cccc(F)c1. The van der Waals surface area contributed by atoms with E-state index in [-0.39, 0.29) is 5.82 Å². The molecule has 1 heterocycles. The molecule has 0 saturated carbocycles. The number of aromatic nitrogens is 2. The van der Waals surface area contributed by atoms with Gasteiger partial charge < -0.3 is 4.57 Å². The molecule has 0 aliphatic carbocycles. The maximum Gasteiger partial charge on any atom is 0.123 e. The van der Waals surface area contributed by atoms with Crippen molar-refractivity contribution in [3.05, 3.63) is 53.9 Å². The van der Waals surface area contributed by atoms with Crippen molar-refractivity contribution in [1.82, 2.24) is 9.55 Å². The fraction of sp³-hybridized carbons (Fsp3) is 0.375. The highest BCUT2D eigenvalue weighted by Gasteiger charge is 2.31. The third-order valence-corrected chi connectivity index (χ3v) is 3.75. The van der Waals surface area contributed by atoms with E-state index < -0.39 is 5.41 Å². The standard InChI is InChI=1S/C16H18FN3/c1-3-15-19-8-9-20(15)12-16(4-2,11-18)13-6-5-7-14(17)10-13/h5-10H,3-4,12H2,1-2H3. The number of rotatable bonds is 5. The molecule has 1 atom stereocenters. The van der Waals surface area contributed by atoms with Crippen molar-refractivity contribution in [3.8, 4) is 6.07 Å². The van der Waals surface area contributed by atoms with Gasteiger partial charge in [0.25, 0.3) is 0 Å². The molecule has 0 bridgehead atoms. The van der Waals surface area contributed by atoms with E-state index in [1.807, 2.05) is 30.7 Å². The quantitative estimate of drug-likeness (QED) is 0.835. The van der Waals surface area contributed by atoms with E-state index in [0.29, 0.717) is 13.0 Å². The number of halogens is 1. The van der Waals surface area contributed by atoms with Crippen molar-refractivity contribution < 1.29 is 4.39 Å². The smallest absolute Gasteiger partial charge is 0.123 e. The van der Waals surface area contributed by atoms with E-state index in [4.69, 9.17) is 0 Å². The molecule has 1 aromatic heterocycles. The van der Waals surface area contributed by atoms with Gasteiger partial charge in [0.2, 0.25) is 0 Å². The summed E-state index contributed by atoms with van der Waals surface area (Å²) in [5, 5.41) is 9.68. The molecule has 1 aromatic carbocycles. The predicted octanol–water partition coefficient (Wildman–Crippen LogP) is 3.46. The van der Waals surface area contributed by atoms with Gasteiger partial charge in [0.05, 0.1) is 11.5 Å². The minimum Gasteiger partial charge on any atom is -0.333 e.